The molecule has 22 heavy (non-hydrogen) atoms. The first-order chi connectivity index (χ1) is 10.1. The van der Waals surface area contributed by atoms with Gasteiger partial charge in [0.25, 0.3) is 0 Å². The highest BCUT2D eigenvalue weighted by Gasteiger charge is 2.22. The van der Waals surface area contributed by atoms with Crippen molar-refractivity contribution in [3.63, 3.8) is 0 Å². The maximum atomic E-state index is 13.7. The highest BCUT2D eigenvalue weighted by atomic mass is 35.5. The Hall–Kier alpha value is -0.980. The summed E-state index contributed by atoms with van der Waals surface area (Å²) in [7, 11) is -3.55. The van der Waals surface area contributed by atoms with Crippen LogP contribution < -0.4 is 0 Å². The van der Waals surface area contributed by atoms with Gasteiger partial charge in [0.2, 0.25) is 0 Å². The molecule has 0 aliphatic carbocycles. The molecule has 2 rings (SSSR count). The summed E-state index contributed by atoms with van der Waals surface area (Å²) < 4.78 is 38.3. The van der Waals surface area contributed by atoms with Crippen LogP contribution in [0.2, 0.25) is 5.02 Å². The number of aromatic nitrogens is 1. The van der Waals surface area contributed by atoms with E-state index in [2.05, 4.69) is 4.98 Å². The monoisotopic (exact) mass is 361 g/mol. The average molecular weight is 362 g/mol. The summed E-state index contributed by atoms with van der Waals surface area (Å²) in [5, 5.41) is 2.74. The van der Waals surface area contributed by atoms with E-state index in [0.717, 1.165) is 5.01 Å². The van der Waals surface area contributed by atoms with Crippen molar-refractivity contribution in [2.75, 3.05) is 0 Å². The molecule has 7 heteroatoms. The van der Waals surface area contributed by atoms with E-state index in [1.165, 1.54) is 29.5 Å². The SMILES string of the molecule is CC(C)(C)c1nc(CS(=O)(=O)Cc2c(F)cccc2Cl)cs1. The summed E-state index contributed by atoms with van der Waals surface area (Å²) in [5.41, 5.74) is 0.375. The molecule has 1 heterocycles. The van der Waals surface area contributed by atoms with Crippen molar-refractivity contribution in [1.29, 1.82) is 0 Å². The van der Waals surface area contributed by atoms with Gasteiger partial charge in [0, 0.05) is 21.4 Å². The van der Waals surface area contributed by atoms with E-state index in [1.54, 1.807) is 5.38 Å². The lowest BCUT2D eigenvalue weighted by atomic mass is 9.98. The highest BCUT2D eigenvalue weighted by molar-refractivity contribution is 7.89. The van der Waals surface area contributed by atoms with E-state index in [0.29, 0.717) is 5.69 Å². The van der Waals surface area contributed by atoms with Crippen LogP contribution in [0.25, 0.3) is 0 Å². The number of hydrogen-bond donors (Lipinski definition) is 0. The molecule has 120 valence electrons. The van der Waals surface area contributed by atoms with Gasteiger partial charge in [0.05, 0.1) is 22.2 Å². The molecule has 0 spiro atoms. The third-order valence-electron chi connectivity index (χ3n) is 2.99. The number of sulfone groups is 1. The molecule has 1 aromatic carbocycles. The molecule has 3 nitrogen and oxygen atoms in total. The van der Waals surface area contributed by atoms with E-state index in [1.807, 2.05) is 20.8 Å². The number of thiazole rings is 1. The standard InChI is InChI=1S/C15H17ClFNO2S2/c1-15(2,3)14-18-10(7-21-14)8-22(19,20)9-11-12(16)5-4-6-13(11)17/h4-7H,8-9H2,1-3H3. The summed E-state index contributed by atoms with van der Waals surface area (Å²) in [6, 6.07) is 4.14. The Morgan fingerprint density at radius 1 is 1.27 bits per heavy atom. The first kappa shape index (κ1) is 17.4. The van der Waals surface area contributed by atoms with E-state index in [-0.39, 0.29) is 21.8 Å². The Morgan fingerprint density at radius 3 is 2.50 bits per heavy atom. The van der Waals surface area contributed by atoms with E-state index < -0.39 is 21.4 Å². The quantitative estimate of drug-likeness (QED) is 0.813. The largest absolute Gasteiger partial charge is 0.245 e. The lowest BCUT2D eigenvalue weighted by Gasteiger charge is -2.13. The van der Waals surface area contributed by atoms with Crippen LogP contribution in [0.15, 0.2) is 23.6 Å². The number of hydrogen-bond acceptors (Lipinski definition) is 4. The minimum absolute atomic E-state index is 0.00967. The van der Waals surface area contributed by atoms with Crippen molar-refractivity contribution in [3.05, 3.63) is 50.7 Å². The van der Waals surface area contributed by atoms with Crippen LogP contribution in [0.1, 0.15) is 37.0 Å². The first-order valence-corrected chi connectivity index (χ1v) is 9.74. The Kier molecular flexibility index (Phi) is 4.94. The first-order valence-electron chi connectivity index (χ1n) is 6.67. The summed E-state index contributed by atoms with van der Waals surface area (Å²) in [6.07, 6.45) is 0. The van der Waals surface area contributed by atoms with Crippen molar-refractivity contribution >= 4 is 32.8 Å². The van der Waals surface area contributed by atoms with Gasteiger partial charge >= 0.3 is 0 Å². The lowest BCUT2D eigenvalue weighted by Crippen LogP contribution is -2.12. The van der Waals surface area contributed by atoms with Crippen LogP contribution in [0.5, 0.6) is 0 Å². The maximum Gasteiger partial charge on any atom is 0.160 e. The average Bonchev–Trinajstić information content (AvgIpc) is 2.81. The van der Waals surface area contributed by atoms with Gasteiger partial charge in [-0.2, -0.15) is 0 Å². The summed E-state index contributed by atoms with van der Waals surface area (Å²) in [4.78, 5) is 4.37. The maximum absolute atomic E-state index is 13.7. The van der Waals surface area contributed by atoms with Gasteiger partial charge in [-0.3, -0.25) is 0 Å². The molecule has 0 saturated carbocycles. The van der Waals surface area contributed by atoms with Crippen molar-refractivity contribution in [1.82, 2.24) is 4.98 Å². The van der Waals surface area contributed by atoms with Crippen LogP contribution in [-0.2, 0) is 26.8 Å². The van der Waals surface area contributed by atoms with E-state index in [9.17, 15) is 12.8 Å². The molecule has 0 atom stereocenters. The van der Waals surface area contributed by atoms with Gasteiger partial charge in [-0.1, -0.05) is 38.4 Å². The van der Waals surface area contributed by atoms with E-state index in [4.69, 9.17) is 11.6 Å². The normalized spacial score (nSPS) is 12.6. The van der Waals surface area contributed by atoms with Gasteiger partial charge in [-0.15, -0.1) is 11.3 Å². The Labute approximate surface area is 139 Å². The molecule has 0 radical (unpaired) electrons. The van der Waals surface area contributed by atoms with Gasteiger partial charge in [-0.05, 0) is 12.1 Å². The molecule has 0 bridgehead atoms. The minimum atomic E-state index is -3.55. The van der Waals surface area contributed by atoms with Crippen molar-refractivity contribution in [3.8, 4) is 0 Å². The molecular weight excluding hydrogens is 345 g/mol. The van der Waals surface area contributed by atoms with Crippen LogP contribution in [0.3, 0.4) is 0 Å². The van der Waals surface area contributed by atoms with Crippen LogP contribution in [0.4, 0.5) is 4.39 Å². The third kappa shape index (κ3) is 4.27. The summed E-state index contributed by atoms with van der Waals surface area (Å²) in [5.74, 6) is -1.25. The fraction of sp³-hybridized carbons (Fsp3) is 0.400. The molecule has 0 amide bonds. The predicted molar refractivity (Wildman–Crippen MR) is 88.6 cm³/mol. The van der Waals surface area contributed by atoms with Crippen molar-refractivity contribution in [2.24, 2.45) is 0 Å². The molecule has 2 aromatic rings. The van der Waals surface area contributed by atoms with Crippen LogP contribution in [-0.4, -0.2) is 13.4 Å². The van der Waals surface area contributed by atoms with Gasteiger partial charge < -0.3 is 0 Å². The minimum Gasteiger partial charge on any atom is -0.245 e. The summed E-state index contributed by atoms with van der Waals surface area (Å²) in [6.45, 7) is 6.05. The number of nitrogens with zero attached hydrogens (tertiary/aromatic N) is 1. The van der Waals surface area contributed by atoms with Gasteiger partial charge in [-0.25, -0.2) is 17.8 Å². The molecule has 0 N–H and O–H groups in total. The van der Waals surface area contributed by atoms with Gasteiger partial charge in [0.1, 0.15) is 5.82 Å². The molecular formula is C15H17ClFNO2S2. The topological polar surface area (TPSA) is 47.0 Å². The van der Waals surface area contributed by atoms with Crippen molar-refractivity contribution in [2.45, 2.75) is 37.7 Å². The van der Waals surface area contributed by atoms with Crippen LogP contribution in [0, 0.1) is 5.82 Å². The molecule has 0 aliphatic heterocycles. The van der Waals surface area contributed by atoms with E-state index >= 15 is 0 Å². The molecule has 0 fully saturated rings. The third-order valence-corrected chi connectivity index (χ3v) is 6.12. The second-order valence-corrected chi connectivity index (χ2v) is 9.46. The highest BCUT2D eigenvalue weighted by Crippen LogP contribution is 2.27. The Bertz CT molecular complexity index is 759. The molecule has 0 unspecified atom stereocenters. The zero-order valence-electron chi connectivity index (χ0n) is 12.6. The Balaban J connectivity index is 2.20. The predicted octanol–water partition coefficient (Wildman–Crippen LogP) is 4.35. The number of rotatable bonds is 4. The van der Waals surface area contributed by atoms with Gasteiger partial charge in [0.15, 0.2) is 9.84 Å². The van der Waals surface area contributed by atoms with Crippen molar-refractivity contribution < 1.29 is 12.8 Å². The van der Waals surface area contributed by atoms with Crippen LogP contribution >= 0.6 is 22.9 Å². The molecule has 1 aromatic heterocycles. The second-order valence-electron chi connectivity index (χ2n) is 6.13. The lowest BCUT2D eigenvalue weighted by molar-refractivity contribution is 0.579. The smallest absolute Gasteiger partial charge is 0.160 e. The number of halogens is 2. The fourth-order valence-corrected chi connectivity index (χ4v) is 4.64. The zero-order chi connectivity index (χ0) is 16.5. The Morgan fingerprint density at radius 2 is 1.95 bits per heavy atom. The summed E-state index contributed by atoms with van der Waals surface area (Å²) >= 11 is 7.32. The molecule has 0 saturated heterocycles. The number of benzene rings is 1. The fourth-order valence-electron chi connectivity index (χ4n) is 1.88. The second kappa shape index (κ2) is 6.26. The molecule has 0 aliphatic rings. The zero-order valence-corrected chi connectivity index (χ0v) is 14.9.